The third kappa shape index (κ3) is 4.81. The minimum Gasteiger partial charge on any atom is -0.493 e. The monoisotopic (exact) mass is 464 g/mol. The molecule has 0 amide bonds. The number of esters is 1. The Morgan fingerprint density at radius 1 is 1.12 bits per heavy atom. The SMILES string of the molecule is C#CCn1c(=O)c2c(nc(C#Cc3ccc(OC)c(OC)c3)n2C)n(CCCOC(C)=O)c1=O. The molecular formula is C24H24N4O6. The molecule has 2 aromatic heterocycles. The van der Waals surface area contributed by atoms with Gasteiger partial charge in [-0.05, 0) is 30.5 Å². The lowest BCUT2D eigenvalue weighted by atomic mass is 10.2. The van der Waals surface area contributed by atoms with Crippen LogP contribution in [-0.2, 0) is 29.7 Å². The van der Waals surface area contributed by atoms with Crippen LogP contribution < -0.4 is 20.7 Å². The minimum atomic E-state index is -0.587. The average Bonchev–Trinajstić information content (AvgIpc) is 3.15. The van der Waals surface area contributed by atoms with Crippen molar-refractivity contribution in [3.8, 4) is 35.7 Å². The molecule has 1 aromatic carbocycles. The smallest absolute Gasteiger partial charge is 0.333 e. The highest BCUT2D eigenvalue weighted by Crippen LogP contribution is 2.27. The quantitative estimate of drug-likeness (QED) is 0.291. The normalized spacial score (nSPS) is 10.3. The van der Waals surface area contributed by atoms with Crippen LogP contribution in [0.5, 0.6) is 11.5 Å². The van der Waals surface area contributed by atoms with Crippen molar-refractivity contribution in [1.82, 2.24) is 18.7 Å². The number of imidazole rings is 1. The molecule has 3 aromatic rings. The summed E-state index contributed by atoms with van der Waals surface area (Å²) in [5.41, 5.74) is -0.114. The van der Waals surface area contributed by atoms with Crippen LogP contribution in [0.25, 0.3) is 11.2 Å². The van der Waals surface area contributed by atoms with Gasteiger partial charge in [0, 0.05) is 26.1 Å². The highest BCUT2D eigenvalue weighted by atomic mass is 16.5. The summed E-state index contributed by atoms with van der Waals surface area (Å²) >= 11 is 0. The Balaban J connectivity index is 2.11. The summed E-state index contributed by atoms with van der Waals surface area (Å²) in [5, 5.41) is 0. The van der Waals surface area contributed by atoms with Crippen molar-refractivity contribution in [2.24, 2.45) is 7.05 Å². The summed E-state index contributed by atoms with van der Waals surface area (Å²) in [4.78, 5) is 41.5. The largest absolute Gasteiger partial charge is 0.493 e. The van der Waals surface area contributed by atoms with E-state index < -0.39 is 17.2 Å². The molecule has 0 saturated heterocycles. The molecule has 10 nitrogen and oxygen atoms in total. The van der Waals surface area contributed by atoms with Crippen molar-refractivity contribution in [3.05, 3.63) is 50.4 Å². The second-order valence-electron chi connectivity index (χ2n) is 7.21. The number of benzene rings is 1. The minimum absolute atomic E-state index is 0.121. The predicted molar refractivity (Wildman–Crippen MR) is 125 cm³/mol. The van der Waals surface area contributed by atoms with Crippen molar-refractivity contribution >= 4 is 17.1 Å². The molecule has 0 radical (unpaired) electrons. The zero-order valence-corrected chi connectivity index (χ0v) is 19.4. The van der Waals surface area contributed by atoms with Crippen LogP contribution in [0.15, 0.2) is 27.8 Å². The van der Waals surface area contributed by atoms with Gasteiger partial charge in [-0.25, -0.2) is 14.3 Å². The first-order chi connectivity index (χ1) is 16.3. The van der Waals surface area contributed by atoms with Crippen LogP contribution >= 0.6 is 0 Å². The number of carbonyl (C=O) groups excluding carboxylic acids is 1. The van der Waals surface area contributed by atoms with Gasteiger partial charge in [0.1, 0.15) is 0 Å². The number of fused-ring (bicyclic) bond motifs is 1. The molecule has 34 heavy (non-hydrogen) atoms. The number of aromatic nitrogens is 4. The van der Waals surface area contributed by atoms with Crippen LogP contribution in [0, 0.1) is 24.2 Å². The van der Waals surface area contributed by atoms with Gasteiger partial charge in [-0.15, -0.1) is 6.42 Å². The lowest BCUT2D eigenvalue weighted by molar-refractivity contribution is -0.141. The number of hydrogen-bond acceptors (Lipinski definition) is 7. The van der Waals surface area contributed by atoms with E-state index in [2.05, 4.69) is 22.7 Å². The zero-order valence-electron chi connectivity index (χ0n) is 19.4. The van der Waals surface area contributed by atoms with E-state index in [1.165, 1.54) is 23.2 Å². The Hall–Kier alpha value is -4.44. The van der Waals surface area contributed by atoms with Gasteiger partial charge in [-0.2, -0.15) is 0 Å². The topological polar surface area (TPSA) is 107 Å². The van der Waals surface area contributed by atoms with Crippen molar-refractivity contribution in [2.75, 3.05) is 20.8 Å². The lowest BCUT2D eigenvalue weighted by Gasteiger charge is -2.10. The lowest BCUT2D eigenvalue weighted by Crippen LogP contribution is -2.40. The third-order valence-corrected chi connectivity index (χ3v) is 5.02. The van der Waals surface area contributed by atoms with E-state index in [1.54, 1.807) is 32.4 Å². The molecule has 0 atom stereocenters. The summed E-state index contributed by atoms with van der Waals surface area (Å²) in [5.74, 6) is 9.24. The van der Waals surface area contributed by atoms with Crippen LogP contribution in [0.3, 0.4) is 0 Å². The number of carbonyl (C=O) groups is 1. The number of methoxy groups -OCH3 is 2. The first-order valence-electron chi connectivity index (χ1n) is 10.3. The molecule has 2 heterocycles. The molecule has 0 aliphatic carbocycles. The number of terminal acetylenes is 1. The number of nitrogens with zero attached hydrogens (tertiary/aromatic N) is 4. The average molecular weight is 464 g/mol. The summed E-state index contributed by atoms with van der Waals surface area (Å²) in [6.45, 7) is 1.41. The molecule has 0 aliphatic rings. The van der Waals surface area contributed by atoms with Gasteiger partial charge in [0.15, 0.2) is 28.5 Å². The van der Waals surface area contributed by atoms with Crippen LogP contribution in [0.1, 0.15) is 24.7 Å². The Morgan fingerprint density at radius 2 is 1.85 bits per heavy atom. The maximum atomic E-state index is 13.0. The molecule has 176 valence electrons. The van der Waals surface area contributed by atoms with Crippen molar-refractivity contribution in [2.45, 2.75) is 26.4 Å². The maximum absolute atomic E-state index is 13.0. The van der Waals surface area contributed by atoms with E-state index in [-0.39, 0.29) is 36.7 Å². The van der Waals surface area contributed by atoms with Gasteiger partial charge in [0.2, 0.25) is 0 Å². The standard InChI is InChI=1S/C24H24N4O6/c1-6-12-28-23(30)21-22(27(24(28)31)13-7-14-34-16(2)29)25-20(26(21)3)11-9-17-8-10-18(32-4)19(15-17)33-5/h1,8,10,15H,7,12-14H2,2-5H3. The van der Waals surface area contributed by atoms with Crippen molar-refractivity contribution in [3.63, 3.8) is 0 Å². The highest BCUT2D eigenvalue weighted by molar-refractivity contribution is 5.72. The predicted octanol–water partition coefficient (Wildman–Crippen LogP) is 0.900. The molecule has 0 aliphatic heterocycles. The van der Waals surface area contributed by atoms with Crippen LogP contribution in [0.4, 0.5) is 0 Å². The van der Waals surface area contributed by atoms with Crippen molar-refractivity contribution < 1.29 is 19.0 Å². The van der Waals surface area contributed by atoms with Gasteiger partial charge in [-0.1, -0.05) is 11.8 Å². The second kappa shape index (κ2) is 10.5. The number of aryl methyl sites for hydroxylation is 2. The molecule has 3 rings (SSSR count). The molecule has 0 N–H and O–H groups in total. The highest BCUT2D eigenvalue weighted by Gasteiger charge is 2.19. The van der Waals surface area contributed by atoms with Gasteiger partial charge in [0.25, 0.3) is 5.56 Å². The van der Waals surface area contributed by atoms with E-state index in [0.29, 0.717) is 23.5 Å². The Morgan fingerprint density at radius 3 is 2.50 bits per heavy atom. The molecular weight excluding hydrogens is 440 g/mol. The molecule has 0 unspecified atom stereocenters. The van der Waals surface area contributed by atoms with Crippen LogP contribution in [0.2, 0.25) is 0 Å². The number of rotatable bonds is 7. The van der Waals surface area contributed by atoms with E-state index in [0.717, 1.165) is 4.57 Å². The van der Waals surface area contributed by atoms with Crippen molar-refractivity contribution in [1.29, 1.82) is 0 Å². The molecule has 0 fully saturated rings. The van der Waals surface area contributed by atoms with E-state index in [4.69, 9.17) is 20.6 Å². The molecule has 0 saturated carbocycles. The Bertz CT molecular complexity index is 1460. The van der Waals surface area contributed by atoms with Crippen LogP contribution in [-0.4, -0.2) is 45.5 Å². The fourth-order valence-corrected chi connectivity index (χ4v) is 3.39. The molecule has 0 spiro atoms. The number of hydrogen-bond donors (Lipinski definition) is 0. The number of ether oxygens (including phenoxy) is 3. The van der Waals surface area contributed by atoms with Gasteiger partial charge >= 0.3 is 11.7 Å². The zero-order chi connectivity index (χ0) is 24.8. The van der Waals surface area contributed by atoms with E-state index in [9.17, 15) is 14.4 Å². The van der Waals surface area contributed by atoms with E-state index in [1.807, 2.05) is 0 Å². The third-order valence-electron chi connectivity index (χ3n) is 5.02. The summed E-state index contributed by atoms with van der Waals surface area (Å²) in [6.07, 6.45) is 5.72. The first-order valence-corrected chi connectivity index (χ1v) is 10.3. The summed E-state index contributed by atoms with van der Waals surface area (Å²) in [6, 6.07) is 5.22. The summed E-state index contributed by atoms with van der Waals surface area (Å²) < 4.78 is 19.3. The van der Waals surface area contributed by atoms with Gasteiger partial charge in [0.05, 0.1) is 27.4 Å². The fourth-order valence-electron chi connectivity index (χ4n) is 3.39. The van der Waals surface area contributed by atoms with E-state index >= 15 is 0 Å². The Labute approximate surface area is 195 Å². The second-order valence-corrected chi connectivity index (χ2v) is 7.21. The maximum Gasteiger partial charge on any atom is 0.333 e. The Kier molecular flexibility index (Phi) is 7.44. The molecule has 10 heteroatoms. The van der Waals surface area contributed by atoms with Gasteiger partial charge in [-0.3, -0.25) is 14.2 Å². The van der Waals surface area contributed by atoms with Gasteiger partial charge < -0.3 is 18.8 Å². The molecule has 0 bridgehead atoms. The fraction of sp³-hybridized carbons (Fsp3) is 0.333. The first kappa shape index (κ1) is 24.2. The summed E-state index contributed by atoms with van der Waals surface area (Å²) in [7, 11) is 4.72.